The molecule has 7 heteroatoms. The standard InChI is InChI=1S/C19H23N5OS/c1-4-8-16-21-23(19(26)24(16)22-11-5-6-12-22)13-17(25)20-18-14(2)9-7-10-15(18)3/h5-7,9-12H,4,8,13H2,1-3H3,(H,20,25). The lowest BCUT2D eigenvalue weighted by Gasteiger charge is -2.11. The van der Waals surface area contributed by atoms with Gasteiger partial charge in [0.05, 0.1) is 0 Å². The van der Waals surface area contributed by atoms with E-state index in [1.807, 2.05) is 65.9 Å². The highest BCUT2D eigenvalue weighted by atomic mass is 32.1. The Labute approximate surface area is 158 Å². The molecule has 0 aliphatic heterocycles. The van der Waals surface area contributed by atoms with E-state index in [0.717, 1.165) is 35.5 Å². The summed E-state index contributed by atoms with van der Waals surface area (Å²) in [4.78, 5) is 12.6. The van der Waals surface area contributed by atoms with Crippen LogP contribution in [0.5, 0.6) is 0 Å². The summed E-state index contributed by atoms with van der Waals surface area (Å²) in [5.41, 5.74) is 2.92. The van der Waals surface area contributed by atoms with Crippen LogP contribution >= 0.6 is 12.2 Å². The van der Waals surface area contributed by atoms with Crippen LogP contribution in [-0.4, -0.2) is 25.0 Å². The fourth-order valence-corrected chi connectivity index (χ4v) is 3.25. The van der Waals surface area contributed by atoms with Crippen molar-refractivity contribution < 1.29 is 4.79 Å². The van der Waals surface area contributed by atoms with Gasteiger partial charge in [-0.25, -0.2) is 9.36 Å². The molecule has 0 saturated carbocycles. The molecule has 0 aliphatic carbocycles. The van der Waals surface area contributed by atoms with Gasteiger partial charge in [0.1, 0.15) is 6.54 Å². The molecule has 0 radical (unpaired) electrons. The van der Waals surface area contributed by atoms with Gasteiger partial charge in [0.2, 0.25) is 10.7 Å². The number of hydrogen-bond acceptors (Lipinski definition) is 3. The van der Waals surface area contributed by atoms with Crippen LogP contribution in [0, 0.1) is 18.6 Å². The zero-order valence-electron chi connectivity index (χ0n) is 15.3. The quantitative estimate of drug-likeness (QED) is 0.674. The van der Waals surface area contributed by atoms with Crippen LogP contribution < -0.4 is 5.32 Å². The van der Waals surface area contributed by atoms with E-state index in [9.17, 15) is 4.79 Å². The molecule has 0 spiro atoms. The second kappa shape index (κ2) is 7.70. The van der Waals surface area contributed by atoms with Crippen molar-refractivity contribution in [3.05, 3.63) is 64.4 Å². The molecule has 1 aromatic carbocycles. The number of amides is 1. The number of rotatable bonds is 6. The Hall–Kier alpha value is -2.67. The first-order chi connectivity index (χ1) is 12.5. The molecule has 0 bridgehead atoms. The molecule has 0 unspecified atom stereocenters. The van der Waals surface area contributed by atoms with Gasteiger partial charge >= 0.3 is 0 Å². The summed E-state index contributed by atoms with van der Waals surface area (Å²) in [7, 11) is 0. The average Bonchev–Trinajstić information content (AvgIpc) is 3.21. The summed E-state index contributed by atoms with van der Waals surface area (Å²) in [5.74, 6) is 0.701. The molecule has 3 rings (SSSR count). The SMILES string of the molecule is CCCc1nn(CC(=O)Nc2c(C)cccc2C)c(=S)n1-n1cccc1. The van der Waals surface area contributed by atoms with Crippen molar-refractivity contribution in [2.45, 2.75) is 40.2 Å². The first kappa shape index (κ1) is 18.1. The third-order valence-electron chi connectivity index (χ3n) is 4.21. The maximum absolute atomic E-state index is 12.6. The molecular formula is C19H23N5OS. The molecule has 0 atom stereocenters. The number of nitrogens with zero attached hydrogens (tertiary/aromatic N) is 4. The summed E-state index contributed by atoms with van der Waals surface area (Å²) < 4.78 is 5.84. The van der Waals surface area contributed by atoms with Crippen molar-refractivity contribution in [3.63, 3.8) is 0 Å². The highest BCUT2D eigenvalue weighted by molar-refractivity contribution is 7.71. The van der Waals surface area contributed by atoms with Crippen molar-refractivity contribution >= 4 is 23.8 Å². The molecule has 0 aliphatic rings. The Kier molecular flexibility index (Phi) is 5.37. The van der Waals surface area contributed by atoms with Crippen molar-refractivity contribution in [1.82, 2.24) is 19.1 Å². The number of carbonyl (C=O) groups excluding carboxylic acids is 1. The van der Waals surface area contributed by atoms with Crippen LogP contribution in [0.3, 0.4) is 0 Å². The van der Waals surface area contributed by atoms with Gasteiger partial charge in [-0.1, -0.05) is 25.1 Å². The van der Waals surface area contributed by atoms with Gasteiger partial charge in [-0.3, -0.25) is 9.47 Å². The van der Waals surface area contributed by atoms with Crippen molar-refractivity contribution in [2.24, 2.45) is 0 Å². The topological polar surface area (TPSA) is 56.8 Å². The molecule has 1 amide bonds. The number of nitrogens with one attached hydrogen (secondary N) is 1. The number of carbonyl (C=O) groups is 1. The minimum Gasteiger partial charge on any atom is -0.324 e. The van der Waals surface area contributed by atoms with Crippen LogP contribution in [0.2, 0.25) is 0 Å². The lowest BCUT2D eigenvalue weighted by Crippen LogP contribution is -2.21. The fourth-order valence-electron chi connectivity index (χ4n) is 2.94. The van der Waals surface area contributed by atoms with Crippen LogP contribution in [0.25, 0.3) is 0 Å². The maximum atomic E-state index is 12.6. The molecule has 2 aromatic heterocycles. The normalized spacial score (nSPS) is 10.9. The van der Waals surface area contributed by atoms with Crippen molar-refractivity contribution in [3.8, 4) is 0 Å². The third-order valence-corrected chi connectivity index (χ3v) is 4.60. The Bertz CT molecular complexity index is 948. The van der Waals surface area contributed by atoms with E-state index < -0.39 is 0 Å². The van der Waals surface area contributed by atoms with Gasteiger partial charge in [0, 0.05) is 24.5 Å². The summed E-state index contributed by atoms with van der Waals surface area (Å²) in [5, 5.41) is 7.56. The largest absolute Gasteiger partial charge is 0.324 e. The van der Waals surface area contributed by atoms with Gasteiger partial charge in [-0.15, -0.1) is 0 Å². The molecule has 0 saturated heterocycles. The van der Waals surface area contributed by atoms with E-state index in [4.69, 9.17) is 12.2 Å². The van der Waals surface area contributed by atoms with Gasteiger partial charge < -0.3 is 5.32 Å². The molecule has 1 N–H and O–H groups in total. The van der Waals surface area contributed by atoms with Crippen molar-refractivity contribution in [1.29, 1.82) is 0 Å². The van der Waals surface area contributed by atoms with Crippen LogP contribution in [0.1, 0.15) is 30.3 Å². The van der Waals surface area contributed by atoms with E-state index >= 15 is 0 Å². The Morgan fingerprint density at radius 2 is 1.81 bits per heavy atom. The lowest BCUT2D eigenvalue weighted by molar-refractivity contribution is -0.116. The first-order valence-electron chi connectivity index (χ1n) is 8.69. The van der Waals surface area contributed by atoms with Gasteiger partial charge in [0.25, 0.3) is 0 Å². The van der Waals surface area contributed by atoms with E-state index in [1.54, 1.807) is 4.68 Å². The van der Waals surface area contributed by atoms with Crippen molar-refractivity contribution in [2.75, 3.05) is 5.32 Å². The Balaban J connectivity index is 1.87. The second-order valence-corrected chi connectivity index (χ2v) is 6.66. The predicted molar refractivity (Wildman–Crippen MR) is 105 cm³/mol. The monoisotopic (exact) mass is 369 g/mol. The minimum atomic E-state index is -0.140. The third kappa shape index (κ3) is 3.62. The van der Waals surface area contributed by atoms with Crippen LogP contribution in [0.4, 0.5) is 5.69 Å². The lowest BCUT2D eigenvalue weighted by atomic mass is 10.1. The summed E-state index contributed by atoms with van der Waals surface area (Å²) in [6, 6.07) is 9.81. The molecule has 6 nitrogen and oxygen atoms in total. The predicted octanol–water partition coefficient (Wildman–Crippen LogP) is 3.74. The number of anilines is 1. The van der Waals surface area contributed by atoms with Gasteiger partial charge in [0.15, 0.2) is 5.82 Å². The first-order valence-corrected chi connectivity index (χ1v) is 9.10. The minimum absolute atomic E-state index is 0.0809. The van der Waals surface area contributed by atoms with Gasteiger partial charge in [-0.05, 0) is 55.7 Å². The van der Waals surface area contributed by atoms with E-state index in [1.165, 1.54) is 0 Å². The van der Waals surface area contributed by atoms with E-state index in [-0.39, 0.29) is 12.5 Å². The number of aromatic nitrogens is 4. The number of aryl methyl sites for hydroxylation is 3. The Morgan fingerprint density at radius 3 is 2.42 bits per heavy atom. The molecule has 26 heavy (non-hydrogen) atoms. The molecular weight excluding hydrogens is 346 g/mol. The summed E-state index contributed by atoms with van der Waals surface area (Å²) >= 11 is 5.57. The molecule has 136 valence electrons. The number of hydrogen-bond donors (Lipinski definition) is 1. The average molecular weight is 369 g/mol. The number of benzene rings is 1. The summed E-state index contributed by atoms with van der Waals surface area (Å²) in [6.07, 6.45) is 5.56. The fraction of sp³-hybridized carbons (Fsp3) is 0.316. The zero-order valence-corrected chi connectivity index (χ0v) is 16.1. The van der Waals surface area contributed by atoms with E-state index in [0.29, 0.717) is 4.77 Å². The smallest absolute Gasteiger partial charge is 0.246 e. The maximum Gasteiger partial charge on any atom is 0.246 e. The highest BCUT2D eigenvalue weighted by Gasteiger charge is 2.15. The number of para-hydroxylation sites is 1. The molecule has 0 fully saturated rings. The van der Waals surface area contributed by atoms with Gasteiger partial charge in [-0.2, -0.15) is 5.10 Å². The van der Waals surface area contributed by atoms with Crippen LogP contribution in [-0.2, 0) is 17.8 Å². The second-order valence-electron chi connectivity index (χ2n) is 6.30. The molecule has 2 heterocycles. The van der Waals surface area contributed by atoms with Crippen LogP contribution in [0.15, 0.2) is 42.7 Å². The highest BCUT2D eigenvalue weighted by Crippen LogP contribution is 2.19. The summed E-state index contributed by atoms with van der Waals surface area (Å²) in [6.45, 7) is 6.14. The molecule has 3 aromatic rings. The zero-order chi connectivity index (χ0) is 18.7. The van der Waals surface area contributed by atoms with E-state index in [2.05, 4.69) is 17.3 Å². The Morgan fingerprint density at radius 1 is 1.15 bits per heavy atom.